The van der Waals surface area contributed by atoms with Gasteiger partial charge in [-0.15, -0.1) is 0 Å². The number of rotatable bonds is 1. The van der Waals surface area contributed by atoms with Gasteiger partial charge < -0.3 is 5.32 Å². The minimum Gasteiger partial charge on any atom is -0.350 e. The van der Waals surface area contributed by atoms with Crippen LogP contribution in [0.1, 0.15) is 47.1 Å². The van der Waals surface area contributed by atoms with Crippen LogP contribution in [0.2, 0.25) is 0 Å². The summed E-state index contributed by atoms with van der Waals surface area (Å²) < 4.78 is 0. The molecule has 0 heterocycles. The average molecular weight is 249 g/mol. The highest BCUT2D eigenvalue weighted by Gasteiger charge is 2.17. The second kappa shape index (κ2) is 4.77. The molecule has 1 aromatic rings. The molecule has 1 nitrogen and oxygen atoms in total. The lowest BCUT2D eigenvalue weighted by Gasteiger charge is -2.22. The lowest BCUT2D eigenvalue weighted by Crippen LogP contribution is -2.25. The zero-order chi connectivity index (χ0) is 13.3. The Hall–Kier alpha value is -0.890. The van der Waals surface area contributed by atoms with Crippen LogP contribution in [0.3, 0.4) is 0 Å². The number of nitrogens with one attached hydrogen (secondary N) is 1. The molecule has 0 bridgehead atoms. The van der Waals surface area contributed by atoms with Gasteiger partial charge in [0.25, 0.3) is 0 Å². The molecule has 1 N–H and O–H groups in total. The van der Waals surface area contributed by atoms with Gasteiger partial charge in [0.2, 0.25) is 0 Å². The van der Waals surface area contributed by atoms with Crippen LogP contribution in [0.25, 0.3) is 0 Å². The van der Waals surface area contributed by atoms with Crippen molar-refractivity contribution >= 4 is 22.9 Å². The van der Waals surface area contributed by atoms with Crippen molar-refractivity contribution in [1.29, 1.82) is 0 Å². The molecule has 94 valence electrons. The molecule has 0 spiro atoms. The van der Waals surface area contributed by atoms with E-state index in [0.29, 0.717) is 0 Å². The van der Waals surface area contributed by atoms with Crippen LogP contribution < -0.4 is 5.32 Å². The van der Waals surface area contributed by atoms with Gasteiger partial charge >= 0.3 is 0 Å². The topological polar surface area (TPSA) is 12.0 Å². The van der Waals surface area contributed by atoms with E-state index in [1.54, 1.807) is 0 Å². The number of hydrogen-bond donors (Lipinski definition) is 1. The van der Waals surface area contributed by atoms with Gasteiger partial charge in [-0.1, -0.05) is 65.9 Å². The predicted molar refractivity (Wildman–Crippen MR) is 80.8 cm³/mol. The molecule has 2 heteroatoms. The highest BCUT2D eigenvalue weighted by atomic mass is 32.1. The number of hydrogen-bond acceptors (Lipinski definition) is 1. The average Bonchev–Trinajstić information content (AvgIpc) is 2.15. The van der Waals surface area contributed by atoms with Crippen LogP contribution in [0.5, 0.6) is 0 Å². The predicted octanol–water partition coefficient (Wildman–Crippen LogP) is 4.77. The van der Waals surface area contributed by atoms with E-state index in [1.807, 2.05) is 0 Å². The Morgan fingerprint density at radius 1 is 0.941 bits per heavy atom. The summed E-state index contributed by atoms with van der Waals surface area (Å²) in [6.45, 7) is 13.0. The summed E-state index contributed by atoms with van der Waals surface area (Å²) in [7, 11) is 0. The van der Waals surface area contributed by atoms with Crippen LogP contribution in [0.4, 0.5) is 5.69 Å². The molecule has 1 aromatic carbocycles. The lowest BCUT2D eigenvalue weighted by molar-refractivity contribution is 0.590. The van der Waals surface area contributed by atoms with Crippen molar-refractivity contribution < 1.29 is 0 Å². The minimum atomic E-state index is 0.0119. The second-order valence-corrected chi connectivity index (χ2v) is 6.94. The van der Waals surface area contributed by atoms with Gasteiger partial charge in [-0.3, -0.25) is 0 Å². The van der Waals surface area contributed by atoms with E-state index in [-0.39, 0.29) is 10.8 Å². The number of anilines is 1. The highest BCUT2D eigenvalue weighted by molar-refractivity contribution is 7.80. The van der Waals surface area contributed by atoms with Crippen molar-refractivity contribution in [2.45, 2.75) is 47.0 Å². The van der Waals surface area contributed by atoms with Crippen molar-refractivity contribution in [3.63, 3.8) is 0 Å². The number of thiocarbonyl (C=S) groups is 1. The SMILES string of the molecule is CC(C)(C)C(=S)Nc1ccc(C(C)(C)C)cc1. The molecule has 0 saturated carbocycles. The van der Waals surface area contributed by atoms with Gasteiger partial charge in [0, 0.05) is 11.1 Å². The Balaban J connectivity index is 2.80. The van der Waals surface area contributed by atoms with E-state index in [0.717, 1.165) is 10.7 Å². The summed E-state index contributed by atoms with van der Waals surface area (Å²) >= 11 is 5.37. The first-order chi connectivity index (χ1) is 7.60. The van der Waals surface area contributed by atoms with Crippen LogP contribution in [0.15, 0.2) is 24.3 Å². The zero-order valence-electron chi connectivity index (χ0n) is 11.7. The maximum Gasteiger partial charge on any atom is 0.0851 e. The second-order valence-electron chi connectivity index (χ2n) is 6.53. The molecule has 17 heavy (non-hydrogen) atoms. The Kier molecular flexibility index (Phi) is 3.98. The summed E-state index contributed by atoms with van der Waals surface area (Å²) in [5.74, 6) is 0. The summed E-state index contributed by atoms with van der Waals surface area (Å²) in [6.07, 6.45) is 0. The fraction of sp³-hybridized carbons (Fsp3) is 0.533. The van der Waals surface area contributed by atoms with Gasteiger partial charge in [-0.2, -0.15) is 0 Å². The van der Waals surface area contributed by atoms with E-state index < -0.39 is 0 Å². The molecule has 0 aliphatic carbocycles. The molecule has 0 aliphatic heterocycles. The highest BCUT2D eigenvalue weighted by Crippen LogP contribution is 2.24. The van der Waals surface area contributed by atoms with Gasteiger partial charge in [0.05, 0.1) is 4.99 Å². The molecule has 0 fully saturated rings. The lowest BCUT2D eigenvalue weighted by atomic mass is 9.87. The molecular formula is C15H23NS. The first-order valence-corrected chi connectivity index (χ1v) is 6.43. The molecule has 0 aromatic heterocycles. The Morgan fingerprint density at radius 3 is 1.76 bits per heavy atom. The maximum absolute atomic E-state index is 5.37. The molecule has 0 saturated heterocycles. The van der Waals surface area contributed by atoms with Crippen LogP contribution in [-0.2, 0) is 5.41 Å². The maximum atomic E-state index is 5.37. The first-order valence-electron chi connectivity index (χ1n) is 6.03. The van der Waals surface area contributed by atoms with Crippen molar-refractivity contribution in [3.05, 3.63) is 29.8 Å². The van der Waals surface area contributed by atoms with Crippen LogP contribution in [-0.4, -0.2) is 4.99 Å². The summed E-state index contributed by atoms with van der Waals surface area (Å²) in [6, 6.07) is 8.51. The Labute approximate surface area is 111 Å². The van der Waals surface area contributed by atoms with Crippen molar-refractivity contribution in [1.82, 2.24) is 0 Å². The Morgan fingerprint density at radius 2 is 1.41 bits per heavy atom. The fourth-order valence-electron chi connectivity index (χ4n) is 1.37. The molecule has 0 unspecified atom stereocenters. The van der Waals surface area contributed by atoms with E-state index in [4.69, 9.17) is 12.2 Å². The molecule has 0 radical (unpaired) electrons. The third-order valence-corrected chi connectivity index (χ3v) is 3.40. The van der Waals surface area contributed by atoms with Crippen LogP contribution in [0, 0.1) is 5.41 Å². The normalized spacial score (nSPS) is 12.4. The van der Waals surface area contributed by atoms with E-state index >= 15 is 0 Å². The van der Waals surface area contributed by atoms with E-state index in [9.17, 15) is 0 Å². The molecule has 0 aliphatic rings. The smallest absolute Gasteiger partial charge is 0.0851 e. The standard InChI is InChI=1S/C15H23NS/c1-14(2,3)11-7-9-12(10-8-11)16-13(17)15(4,5)6/h7-10H,1-6H3,(H,16,17). The third kappa shape index (κ3) is 4.12. The summed E-state index contributed by atoms with van der Waals surface area (Å²) in [4.78, 5) is 0.876. The Bertz CT molecular complexity index is 390. The van der Waals surface area contributed by atoms with Gasteiger partial charge in [-0.05, 0) is 23.1 Å². The van der Waals surface area contributed by atoms with Crippen LogP contribution >= 0.6 is 12.2 Å². The van der Waals surface area contributed by atoms with Gasteiger partial charge in [0.1, 0.15) is 0 Å². The van der Waals surface area contributed by atoms with Gasteiger partial charge in [0.15, 0.2) is 0 Å². The number of benzene rings is 1. The summed E-state index contributed by atoms with van der Waals surface area (Å²) in [5.41, 5.74) is 2.61. The fourth-order valence-corrected chi connectivity index (χ4v) is 1.49. The van der Waals surface area contributed by atoms with E-state index in [1.165, 1.54) is 5.56 Å². The summed E-state index contributed by atoms with van der Waals surface area (Å²) in [5, 5.41) is 3.29. The largest absolute Gasteiger partial charge is 0.350 e. The molecule has 0 atom stereocenters. The van der Waals surface area contributed by atoms with E-state index in [2.05, 4.69) is 71.1 Å². The van der Waals surface area contributed by atoms with Gasteiger partial charge in [-0.25, -0.2) is 0 Å². The first kappa shape index (κ1) is 14.2. The van der Waals surface area contributed by atoms with Crippen molar-refractivity contribution in [2.75, 3.05) is 5.32 Å². The minimum absolute atomic E-state index is 0.0119. The third-order valence-electron chi connectivity index (χ3n) is 2.69. The monoisotopic (exact) mass is 249 g/mol. The molecule has 1 rings (SSSR count). The van der Waals surface area contributed by atoms with Crippen molar-refractivity contribution in [3.8, 4) is 0 Å². The quantitative estimate of drug-likeness (QED) is 0.720. The molecule has 0 amide bonds. The molecular weight excluding hydrogens is 226 g/mol. The zero-order valence-corrected chi connectivity index (χ0v) is 12.5. The van der Waals surface area contributed by atoms with Crippen molar-refractivity contribution in [2.24, 2.45) is 5.41 Å².